The summed E-state index contributed by atoms with van der Waals surface area (Å²) in [6, 6.07) is 20.6. The number of hydrogen-bond acceptors (Lipinski definition) is 3. The van der Waals surface area contributed by atoms with Gasteiger partial charge in [-0.1, -0.05) is 67.6 Å². The van der Waals surface area contributed by atoms with Crippen molar-refractivity contribution < 1.29 is 9.84 Å². The quantitative estimate of drug-likeness (QED) is 0.738. The Labute approximate surface area is 139 Å². The van der Waals surface area contributed by atoms with Crippen LogP contribution in [0.25, 0.3) is 0 Å². The first-order chi connectivity index (χ1) is 11.2. The van der Waals surface area contributed by atoms with Gasteiger partial charge in [-0.2, -0.15) is 0 Å². The summed E-state index contributed by atoms with van der Waals surface area (Å²) in [4.78, 5) is 0. The molecule has 0 bridgehead atoms. The molecule has 0 spiro atoms. The number of benzene rings is 2. The maximum Gasteiger partial charge on any atom is 0.0898 e. The molecular weight excluding hydrogens is 286 g/mol. The molecule has 124 valence electrons. The summed E-state index contributed by atoms with van der Waals surface area (Å²) in [5, 5.41) is 13.5. The van der Waals surface area contributed by atoms with Gasteiger partial charge in [0.15, 0.2) is 0 Å². The van der Waals surface area contributed by atoms with Crippen molar-refractivity contribution in [3.63, 3.8) is 0 Å². The lowest BCUT2D eigenvalue weighted by atomic mass is 10.1. The maximum absolute atomic E-state index is 10.1. The highest BCUT2D eigenvalue weighted by Gasteiger charge is 2.13. The standard InChI is InChI=1S/C20H27NO2/c1-3-20(18-12-8-5-9-13-18)23-15-19(22)14-21-16(2)17-10-6-4-7-11-17/h4-13,16,19-22H,3,14-15H2,1-2H3. The van der Waals surface area contributed by atoms with Crippen LogP contribution in [0, 0.1) is 0 Å². The summed E-state index contributed by atoms with van der Waals surface area (Å²) >= 11 is 0. The number of nitrogens with one attached hydrogen (secondary N) is 1. The Morgan fingerprint density at radius 2 is 1.52 bits per heavy atom. The molecule has 3 atom stereocenters. The number of rotatable bonds is 9. The molecular formula is C20H27NO2. The van der Waals surface area contributed by atoms with E-state index < -0.39 is 6.10 Å². The molecule has 23 heavy (non-hydrogen) atoms. The molecule has 0 saturated carbocycles. The average molecular weight is 313 g/mol. The topological polar surface area (TPSA) is 41.5 Å². The van der Waals surface area contributed by atoms with Crippen molar-refractivity contribution in [1.82, 2.24) is 5.32 Å². The van der Waals surface area contributed by atoms with Crippen molar-refractivity contribution in [3.05, 3.63) is 71.8 Å². The van der Waals surface area contributed by atoms with Crippen LogP contribution >= 0.6 is 0 Å². The van der Waals surface area contributed by atoms with Crippen LogP contribution in [0.5, 0.6) is 0 Å². The minimum atomic E-state index is -0.515. The lowest BCUT2D eigenvalue weighted by Gasteiger charge is -2.21. The molecule has 0 aliphatic carbocycles. The van der Waals surface area contributed by atoms with Crippen molar-refractivity contribution in [2.24, 2.45) is 0 Å². The Kier molecular flexibility index (Phi) is 7.27. The molecule has 0 aliphatic rings. The van der Waals surface area contributed by atoms with Crippen molar-refractivity contribution in [2.45, 2.75) is 38.5 Å². The summed E-state index contributed by atoms with van der Waals surface area (Å²) in [5.74, 6) is 0. The third-order valence-corrected chi connectivity index (χ3v) is 3.99. The van der Waals surface area contributed by atoms with Gasteiger partial charge in [0.1, 0.15) is 0 Å². The fraction of sp³-hybridized carbons (Fsp3) is 0.400. The van der Waals surface area contributed by atoms with Gasteiger partial charge in [-0.05, 0) is 24.5 Å². The Hall–Kier alpha value is -1.68. The Balaban J connectivity index is 1.75. The fourth-order valence-corrected chi connectivity index (χ4v) is 2.58. The Bertz CT molecular complexity index is 544. The van der Waals surface area contributed by atoms with E-state index in [0.717, 1.165) is 12.0 Å². The van der Waals surface area contributed by atoms with Gasteiger partial charge in [0.05, 0.1) is 18.8 Å². The largest absolute Gasteiger partial charge is 0.389 e. The van der Waals surface area contributed by atoms with Crippen molar-refractivity contribution >= 4 is 0 Å². The zero-order chi connectivity index (χ0) is 16.5. The van der Waals surface area contributed by atoms with E-state index in [1.54, 1.807) is 0 Å². The number of aliphatic hydroxyl groups is 1. The highest BCUT2D eigenvalue weighted by atomic mass is 16.5. The average Bonchev–Trinajstić information content (AvgIpc) is 2.62. The summed E-state index contributed by atoms with van der Waals surface area (Å²) < 4.78 is 5.89. The van der Waals surface area contributed by atoms with Gasteiger partial charge < -0.3 is 15.2 Å². The number of aliphatic hydroxyl groups excluding tert-OH is 1. The lowest BCUT2D eigenvalue weighted by Crippen LogP contribution is -2.32. The zero-order valence-corrected chi connectivity index (χ0v) is 14.0. The SMILES string of the molecule is CCC(OCC(O)CNC(C)c1ccccc1)c1ccccc1. The van der Waals surface area contributed by atoms with Crippen molar-refractivity contribution in [2.75, 3.05) is 13.2 Å². The summed E-state index contributed by atoms with van der Waals surface area (Å²) in [7, 11) is 0. The second kappa shape index (κ2) is 9.46. The molecule has 2 rings (SSSR count). The van der Waals surface area contributed by atoms with Gasteiger partial charge in [0, 0.05) is 12.6 Å². The molecule has 0 heterocycles. The van der Waals surface area contributed by atoms with Crippen LogP contribution in [0.15, 0.2) is 60.7 Å². The monoisotopic (exact) mass is 313 g/mol. The molecule has 3 nitrogen and oxygen atoms in total. The van der Waals surface area contributed by atoms with Crippen LogP contribution in [0.4, 0.5) is 0 Å². The van der Waals surface area contributed by atoms with Crippen LogP contribution in [0.1, 0.15) is 43.5 Å². The maximum atomic E-state index is 10.1. The predicted octanol–water partition coefficient (Wildman–Crippen LogP) is 3.87. The van der Waals surface area contributed by atoms with E-state index in [1.165, 1.54) is 5.56 Å². The van der Waals surface area contributed by atoms with E-state index >= 15 is 0 Å². The van der Waals surface area contributed by atoms with Crippen LogP contribution in [-0.4, -0.2) is 24.4 Å². The van der Waals surface area contributed by atoms with E-state index in [1.807, 2.05) is 36.4 Å². The minimum Gasteiger partial charge on any atom is -0.389 e. The highest BCUT2D eigenvalue weighted by molar-refractivity contribution is 5.18. The summed E-state index contributed by atoms with van der Waals surface area (Å²) in [5.41, 5.74) is 2.38. The predicted molar refractivity (Wildman–Crippen MR) is 94.3 cm³/mol. The van der Waals surface area contributed by atoms with Gasteiger partial charge in [-0.25, -0.2) is 0 Å². The van der Waals surface area contributed by atoms with Crippen LogP contribution in [-0.2, 0) is 4.74 Å². The van der Waals surface area contributed by atoms with Gasteiger partial charge in [-0.3, -0.25) is 0 Å². The first kappa shape index (κ1) is 17.7. The van der Waals surface area contributed by atoms with Crippen molar-refractivity contribution in [1.29, 1.82) is 0 Å². The molecule has 0 aliphatic heterocycles. The molecule has 0 radical (unpaired) electrons. The third-order valence-electron chi connectivity index (χ3n) is 3.99. The number of ether oxygens (including phenoxy) is 1. The molecule has 2 aromatic carbocycles. The van der Waals surface area contributed by atoms with Gasteiger partial charge >= 0.3 is 0 Å². The smallest absolute Gasteiger partial charge is 0.0898 e. The molecule has 0 amide bonds. The van der Waals surface area contributed by atoms with Gasteiger partial charge in [0.25, 0.3) is 0 Å². The van der Waals surface area contributed by atoms with E-state index in [-0.39, 0.29) is 12.1 Å². The van der Waals surface area contributed by atoms with E-state index in [0.29, 0.717) is 13.2 Å². The second-order valence-electron chi connectivity index (χ2n) is 5.84. The molecule has 0 saturated heterocycles. The summed E-state index contributed by atoms with van der Waals surface area (Å²) in [6.07, 6.45) is 0.418. The lowest BCUT2D eigenvalue weighted by molar-refractivity contribution is -0.0120. The van der Waals surface area contributed by atoms with Gasteiger partial charge in [-0.15, -0.1) is 0 Å². The third kappa shape index (κ3) is 5.79. The molecule has 3 heteroatoms. The van der Waals surface area contributed by atoms with Crippen molar-refractivity contribution in [3.8, 4) is 0 Å². The van der Waals surface area contributed by atoms with Crippen LogP contribution in [0.3, 0.4) is 0 Å². The van der Waals surface area contributed by atoms with Crippen LogP contribution in [0.2, 0.25) is 0 Å². The van der Waals surface area contributed by atoms with Gasteiger partial charge in [0.2, 0.25) is 0 Å². The molecule has 2 N–H and O–H groups in total. The highest BCUT2D eigenvalue weighted by Crippen LogP contribution is 2.20. The molecule has 3 unspecified atom stereocenters. The fourth-order valence-electron chi connectivity index (χ4n) is 2.58. The Morgan fingerprint density at radius 1 is 0.957 bits per heavy atom. The zero-order valence-electron chi connectivity index (χ0n) is 14.0. The first-order valence-corrected chi connectivity index (χ1v) is 8.33. The van der Waals surface area contributed by atoms with E-state index in [4.69, 9.17) is 4.74 Å². The number of hydrogen-bond donors (Lipinski definition) is 2. The van der Waals surface area contributed by atoms with E-state index in [2.05, 4.69) is 43.4 Å². The minimum absolute atomic E-state index is 0.0393. The second-order valence-corrected chi connectivity index (χ2v) is 5.84. The van der Waals surface area contributed by atoms with Crippen LogP contribution < -0.4 is 5.32 Å². The Morgan fingerprint density at radius 3 is 2.09 bits per heavy atom. The molecule has 2 aromatic rings. The first-order valence-electron chi connectivity index (χ1n) is 8.33. The normalized spacial score (nSPS) is 15.1. The van der Waals surface area contributed by atoms with E-state index in [9.17, 15) is 5.11 Å². The molecule has 0 aromatic heterocycles. The molecule has 0 fully saturated rings. The summed E-state index contributed by atoms with van der Waals surface area (Å²) in [6.45, 7) is 5.05.